The van der Waals surface area contributed by atoms with Crippen LogP contribution in [0.5, 0.6) is 0 Å². The summed E-state index contributed by atoms with van der Waals surface area (Å²) in [6.45, 7) is 1.86. The standard InChI is InChI=1S/C16H11BrF3N3/c1-10-2-8-13(9-3-10)23-15(16(18,19)20)21-14(22-23)11-4-6-12(17)7-5-11/h2-9H,1H3. The van der Waals surface area contributed by atoms with Crippen molar-refractivity contribution in [3.05, 3.63) is 64.4 Å². The first-order chi connectivity index (χ1) is 10.8. The van der Waals surface area contributed by atoms with Crippen molar-refractivity contribution in [3.8, 4) is 17.1 Å². The normalized spacial score (nSPS) is 11.7. The van der Waals surface area contributed by atoms with Crippen molar-refractivity contribution < 1.29 is 13.2 Å². The van der Waals surface area contributed by atoms with E-state index in [1.54, 1.807) is 48.5 Å². The Bertz CT molecular complexity index is 821. The Balaban J connectivity index is 2.14. The van der Waals surface area contributed by atoms with Gasteiger partial charge in [-0.05, 0) is 31.2 Å². The SMILES string of the molecule is Cc1ccc(-n2nc(-c3ccc(Br)cc3)nc2C(F)(F)F)cc1. The molecule has 0 atom stereocenters. The lowest BCUT2D eigenvalue weighted by molar-refractivity contribution is -0.146. The van der Waals surface area contributed by atoms with Crippen molar-refractivity contribution in [3.63, 3.8) is 0 Å². The van der Waals surface area contributed by atoms with Gasteiger partial charge in [-0.25, -0.2) is 9.67 Å². The molecule has 118 valence electrons. The summed E-state index contributed by atoms with van der Waals surface area (Å²) in [5.74, 6) is -1.01. The lowest BCUT2D eigenvalue weighted by atomic mass is 10.2. The van der Waals surface area contributed by atoms with E-state index in [1.807, 2.05) is 6.92 Å². The maximum Gasteiger partial charge on any atom is 0.451 e. The van der Waals surface area contributed by atoms with Crippen molar-refractivity contribution in [1.82, 2.24) is 14.8 Å². The van der Waals surface area contributed by atoms with Crippen LogP contribution >= 0.6 is 15.9 Å². The number of aryl methyl sites for hydroxylation is 1. The Morgan fingerprint density at radius 3 is 2.13 bits per heavy atom. The van der Waals surface area contributed by atoms with Gasteiger partial charge in [-0.2, -0.15) is 13.2 Å². The van der Waals surface area contributed by atoms with Gasteiger partial charge in [-0.15, -0.1) is 5.10 Å². The number of benzene rings is 2. The third-order valence-corrected chi connectivity index (χ3v) is 3.77. The lowest BCUT2D eigenvalue weighted by Gasteiger charge is -2.08. The summed E-state index contributed by atoms with van der Waals surface area (Å²) in [4.78, 5) is 3.69. The zero-order valence-electron chi connectivity index (χ0n) is 12.0. The zero-order valence-corrected chi connectivity index (χ0v) is 13.6. The molecule has 2 aromatic carbocycles. The molecule has 0 unspecified atom stereocenters. The second-order valence-electron chi connectivity index (χ2n) is 5.01. The van der Waals surface area contributed by atoms with E-state index in [1.165, 1.54) is 0 Å². The molecule has 0 spiro atoms. The number of hydrogen-bond acceptors (Lipinski definition) is 2. The summed E-state index contributed by atoms with van der Waals surface area (Å²) >= 11 is 3.29. The minimum Gasteiger partial charge on any atom is -0.209 e. The van der Waals surface area contributed by atoms with E-state index in [4.69, 9.17) is 0 Å². The highest BCUT2D eigenvalue weighted by atomic mass is 79.9. The molecule has 3 rings (SSSR count). The van der Waals surface area contributed by atoms with Crippen LogP contribution in [0.25, 0.3) is 17.1 Å². The van der Waals surface area contributed by atoms with Gasteiger partial charge in [0.25, 0.3) is 0 Å². The molecular weight excluding hydrogens is 371 g/mol. The van der Waals surface area contributed by atoms with E-state index in [0.717, 1.165) is 14.7 Å². The number of rotatable bonds is 2. The largest absolute Gasteiger partial charge is 0.451 e. The summed E-state index contributed by atoms with van der Waals surface area (Å²) in [6.07, 6.45) is -4.59. The molecule has 0 saturated carbocycles. The first-order valence-electron chi connectivity index (χ1n) is 6.72. The fourth-order valence-electron chi connectivity index (χ4n) is 2.08. The smallest absolute Gasteiger partial charge is 0.209 e. The molecule has 3 nitrogen and oxygen atoms in total. The Labute approximate surface area is 138 Å². The minimum atomic E-state index is -4.59. The molecular formula is C16H11BrF3N3. The van der Waals surface area contributed by atoms with Gasteiger partial charge >= 0.3 is 6.18 Å². The second-order valence-corrected chi connectivity index (χ2v) is 5.93. The molecule has 1 aromatic heterocycles. The molecule has 0 aliphatic carbocycles. The summed E-state index contributed by atoms with van der Waals surface area (Å²) in [5, 5.41) is 4.05. The van der Waals surface area contributed by atoms with E-state index < -0.39 is 12.0 Å². The monoisotopic (exact) mass is 381 g/mol. The molecule has 0 radical (unpaired) electrons. The van der Waals surface area contributed by atoms with Crippen molar-refractivity contribution in [2.24, 2.45) is 0 Å². The van der Waals surface area contributed by atoms with Gasteiger partial charge in [0, 0.05) is 10.0 Å². The summed E-state index contributed by atoms with van der Waals surface area (Å²) in [6, 6.07) is 13.4. The predicted octanol–water partition coefficient (Wildman–Crippen LogP) is 5.02. The number of alkyl halides is 3. The number of nitrogens with zero attached hydrogens (tertiary/aromatic N) is 3. The van der Waals surface area contributed by atoms with Gasteiger partial charge < -0.3 is 0 Å². The molecule has 0 bridgehead atoms. The Kier molecular flexibility index (Phi) is 3.97. The van der Waals surface area contributed by atoms with Crippen LogP contribution in [0.3, 0.4) is 0 Å². The number of aromatic nitrogens is 3. The molecule has 0 aliphatic rings. The van der Waals surface area contributed by atoms with E-state index in [0.29, 0.717) is 11.3 Å². The fourth-order valence-corrected chi connectivity index (χ4v) is 2.35. The first-order valence-corrected chi connectivity index (χ1v) is 7.51. The van der Waals surface area contributed by atoms with Crippen molar-refractivity contribution >= 4 is 15.9 Å². The zero-order chi connectivity index (χ0) is 16.6. The van der Waals surface area contributed by atoms with E-state index >= 15 is 0 Å². The van der Waals surface area contributed by atoms with Gasteiger partial charge in [0.2, 0.25) is 5.82 Å². The third-order valence-electron chi connectivity index (χ3n) is 3.24. The molecule has 3 aromatic rings. The molecule has 0 saturated heterocycles. The van der Waals surface area contributed by atoms with Crippen LogP contribution in [-0.4, -0.2) is 14.8 Å². The van der Waals surface area contributed by atoms with Crippen LogP contribution in [0.2, 0.25) is 0 Å². The van der Waals surface area contributed by atoms with Gasteiger partial charge in [-0.3, -0.25) is 0 Å². The van der Waals surface area contributed by atoms with E-state index in [2.05, 4.69) is 26.0 Å². The second kappa shape index (κ2) is 5.81. The van der Waals surface area contributed by atoms with Gasteiger partial charge in [0.1, 0.15) is 0 Å². The maximum absolute atomic E-state index is 13.3. The highest BCUT2D eigenvalue weighted by Gasteiger charge is 2.38. The molecule has 0 fully saturated rings. The molecule has 1 heterocycles. The number of hydrogen-bond donors (Lipinski definition) is 0. The Morgan fingerprint density at radius 2 is 1.57 bits per heavy atom. The van der Waals surface area contributed by atoms with Crippen molar-refractivity contribution in [2.45, 2.75) is 13.1 Å². The van der Waals surface area contributed by atoms with Gasteiger partial charge in [0.15, 0.2) is 5.82 Å². The summed E-state index contributed by atoms with van der Waals surface area (Å²) in [7, 11) is 0. The average molecular weight is 382 g/mol. The van der Waals surface area contributed by atoms with Crippen LogP contribution < -0.4 is 0 Å². The molecule has 23 heavy (non-hydrogen) atoms. The van der Waals surface area contributed by atoms with Crippen molar-refractivity contribution in [2.75, 3.05) is 0 Å². The molecule has 0 N–H and O–H groups in total. The van der Waals surface area contributed by atoms with Crippen LogP contribution in [0.15, 0.2) is 53.0 Å². The van der Waals surface area contributed by atoms with E-state index in [-0.39, 0.29) is 5.82 Å². The predicted molar refractivity (Wildman–Crippen MR) is 84.2 cm³/mol. The van der Waals surface area contributed by atoms with Crippen molar-refractivity contribution in [1.29, 1.82) is 0 Å². The summed E-state index contributed by atoms with van der Waals surface area (Å²) in [5.41, 5.74) is 1.79. The average Bonchev–Trinajstić information content (AvgIpc) is 2.94. The Morgan fingerprint density at radius 1 is 0.957 bits per heavy atom. The van der Waals surface area contributed by atoms with Crippen LogP contribution in [-0.2, 0) is 6.18 Å². The van der Waals surface area contributed by atoms with Gasteiger partial charge in [0.05, 0.1) is 5.69 Å². The lowest BCUT2D eigenvalue weighted by Crippen LogP contribution is -2.14. The fraction of sp³-hybridized carbons (Fsp3) is 0.125. The minimum absolute atomic E-state index is 0.0328. The van der Waals surface area contributed by atoms with Crippen LogP contribution in [0.1, 0.15) is 11.4 Å². The van der Waals surface area contributed by atoms with Crippen LogP contribution in [0, 0.1) is 6.92 Å². The first kappa shape index (κ1) is 15.7. The van der Waals surface area contributed by atoms with Crippen LogP contribution in [0.4, 0.5) is 13.2 Å². The highest BCUT2D eigenvalue weighted by molar-refractivity contribution is 9.10. The molecule has 7 heteroatoms. The maximum atomic E-state index is 13.3. The topological polar surface area (TPSA) is 30.7 Å². The summed E-state index contributed by atoms with van der Waals surface area (Å²) < 4.78 is 41.5. The molecule has 0 amide bonds. The number of halogens is 4. The van der Waals surface area contributed by atoms with E-state index in [9.17, 15) is 13.2 Å². The highest BCUT2D eigenvalue weighted by Crippen LogP contribution is 2.31. The third kappa shape index (κ3) is 3.29. The molecule has 0 aliphatic heterocycles. The van der Waals surface area contributed by atoms with Gasteiger partial charge in [-0.1, -0.05) is 45.8 Å². The Hall–Kier alpha value is -2.15. The quantitative estimate of drug-likeness (QED) is 0.623.